The lowest BCUT2D eigenvalue weighted by Crippen LogP contribution is -2.50. The fraction of sp³-hybridized carbons (Fsp3) is 0.350. The van der Waals surface area contributed by atoms with Crippen molar-refractivity contribution >= 4 is 33.2 Å². The predicted octanol–water partition coefficient (Wildman–Crippen LogP) is 2.46. The van der Waals surface area contributed by atoms with E-state index in [1.807, 2.05) is 12.1 Å². The van der Waals surface area contributed by atoms with Crippen LogP contribution < -0.4 is 23.8 Å². The molecule has 10 heteroatoms. The number of benzene rings is 2. The molecule has 0 saturated heterocycles. The Morgan fingerprint density at radius 1 is 1.30 bits per heavy atom. The molecule has 0 bridgehead atoms. The lowest BCUT2D eigenvalue weighted by Gasteiger charge is -2.30. The quantitative estimate of drug-likeness (QED) is 0.690. The van der Waals surface area contributed by atoms with Gasteiger partial charge in [0.1, 0.15) is 24.5 Å². The second kappa shape index (κ2) is 9.01. The molecule has 0 saturated carbocycles. The highest BCUT2D eigenvalue weighted by Crippen LogP contribution is 2.32. The molecule has 0 unspecified atom stereocenters. The molecule has 1 amide bonds. The number of amides is 1. The maximum absolute atomic E-state index is 12.7. The fourth-order valence-electron chi connectivity index (χ4n) is 3.13. The maximum atomic E-state index is 12.7. The molecule has 0 radical (unpaired) electrons. The molecular formula is C20H23ClN2O6S. The molecule has 0 fully saturated rings. The van der Waals surface area contributed by atoms with E-state index >= 15 is 0 Å². The molecule has 0 aromatic heterocycles. The van der Waals surface area contributed by atoms with Crippen molar-refractivity contribution in [1.29, 1.82) is 0 Å². The first-order valence-electron chi connectivity index (χ1n) is 9.20. The van der Waals surface area contributed by atoms with E-state index < -0.39 is 28.1 Å². The minimum atomic E-state index is -3.76. The fourth-order valence-corrected chi connectivity index (χ4v) is 4.55. The van der Waals surface area contributed by atoms with E-state index in [0.717, 1.165) is 10.6 Å². The standard InChI is InChI=1S/C20H23ClN2O6S/c1-13(23(30(3,25)26)14-8-9-17(27-2)16(21)10-14)20(24)22-11-15-12-28-18-6-4-5-7-19(18)29-15/h4-10,13,15H,11-12H2,1-3H3,(H,22,24)/t13-,15+/m1/s1. The van der Waals surface area contributed by atoms with Crippen LogP contribution in [0, 0.1) is 0 Å². The van der Waals surface area contributed by atoms with E-state index in [1.54, 1.807) is 18.2 Å². The number of nitrogens with one attached hydrogen (secondary N) is 1. The van der Waals surface area contributed by atoms with Crippen LogP contribution in [0.2, 0.25) is 5.02 Å². The van der Waals surface area contributed by atoms with E-state index in [-0.39, 0.29) is 23.9 Å². The minimum Gasteiger partial charge on any atom is -0.495 e. The van der Waals surface area contributed by atoms with Gasteiger partial charge in [-0.1, -0.05) is 23.7 Å². The number of para-hydroxylation sites is 2. The van der Waals surface area contributed by atoms with Crippen LogP contribution in [0.3, 0.4) is 0 Å². The lowest BCUT2D eigenvalue weighted by atomic mass is 10.2. The van der Waals surface area contributed by atoms with E-state index in [2.05, 4.69) is 5.32 Å². The highest BCUT2D eigenvalue weighted by molar-refractivity contribution is 7.92. The monoisotopic (exact) mass is 454 g/mol. The summed E-state index contributed by atoms with van der Waals surface area (Å²) < 4.78 is 42.4. The van der Waals surface area contributed by atoms with Gasteiger partial charge >= 0.3 is 0 Å². The molecular weight excluding hydrogens is 432 g/mol. The number of carbonyl (C=O) groups is 1. The van der Waals surface area contributed by atoms with E-state index in [1.165, 1.54) is 26.2 Å². The van der Waals surface area contributed by atoms with Gasteiger partial charge in [-0.2, -0.15) is 0 Å². The summed E-state index contributed by atoms with van der Waals surface area (Å²) in [5, 5.41) is 2.97. The Labute approximate surface area is 180 Å². The summed E-state index contributed by atoms with van der Waals surface area (Å²) in [5.74, 6) is 1.17. The lowest BCUT2D eigenvalue weighted by molar-refractivity contribution is -0.122. The molecule has 1 heterocycles. The predicted molar refractivity (Wildman–Crippen MR) is 114 cm³/mol. The summed E-state index contributed by atoms with van der Waals surface area (Å²) in [7, 11) is -2.31. The summed E-state index contributed by atoms with van der Waals surface area (Å²) in [6, 6.07) is 10.8. The van der Waals surface area contributed by atoms with Crippen molar-refractivity contribution in [1.82, 2.24) is 5.32 Å². The first-order valence-corrected chi connectivity index (χ1v) is 11.4. The Morgan fingerprint density at radius 3 is 2.63 bits per heavy atom. The molecule has 0 spiro atoms. The summed E-state index contributed by atoms with van der Waals surface area (Å²) in [6.07, 6.45) is 0.641. The van der Waals surface area contributed by atoms with Gasteiger partial charge in [0.25, 0.3) is 0 Å². The van der Waals surface area contributed by atoms with Crippen molar-refractivity contribution in [3.63, 3.8) is 0 Å². The zero-order valence-electron chi connectivity index (χ0n) is 16.8. The highest BCUT2D eigenvalue weighted by atomic mass is 35.5. The van der Waals surface area contributed by atoms with Gasteiger partial charge in [0.2, 0.25) is 15.9 Å². The number of hydrogen-bond donors (Lipinski definition) is 1. The van der Waals surface area contributed by atoms with Gasteiger partial charge in [-0.05, 0) is 37.3 Å². The van der Waals surface area contributed by atoms with Gasteiger partial charge in [-0.3, -0.25) is 9.10 Å². The minimum absolute atomic E-state index is 0.165. The third-order valence-electron chi connectivity index (χ3n) is 4.55. The van der Waals surface area contributed by atoms with Crippen molar-refractivity contribution in [3.8, 4) is 17.2 Å². The van der Waals surface area contributed by atoms with Gasteiger partial charge < -0.3 is 19.5 Å². The van der Waals surface area contributed by atoms with Gasteiger partial charge in [0.05, 0.1) is 30.6 Å². The molecule has 2 aromatic rings. The zero-order chi connectivity index (χ0) is 21.9. The van der Waals surface area contributed by atoms with Gasteiger partial charge in [-0.15, -0.1) is 0 Å². The summed E-state index contributed by atoms with van der Waals surface area (Å²) >= 11 is 6.13. The average molecular weight is 455 g/mol. The van der Waals surface area contributed by atoms with Crippen LogP contribution in [0.15, 0.2) is 42.5 Å². The Balaban J connectivity index is 1.70. The van der Waals surface area contributed by atoms with Crippen LogP contribution >= 0.6 is 11.6 Å². The summed E-state index contributed by atoms with van der Waals surface area (Å²) in [6.45, 7) is 1.94. The highest BCUT2D eigenvalue weighted by Gasteiger charge is 2.30. The number of carbonyl (C=O) groups excluding carboxylic acids is 1. The van der Waals surface area contributed by atoms with Crippen molar-refractivity contribution in [2.24, 2.45) is 0 Å². The van der Waals surface area contributed by atoms with Crippen LogP contribution in [-0.4, -0.2) is 53.0 Å². The van der Waals surface area contributed by atoms with E-state index in [4.69, 9.17) is 25.8 Å². The third-order valence-corrected chi connectivity index (χ3v) is 6.09. The normalized spacial score (nSPS) is 16.5. The Bertz CT molecular complexity index is 1030. The van der Waals surface area contributed by atoms with Crippen molar-refractivity contribution < 1.29 is 27.4 Å². The molecule has 30 heavy (non-hydrogen) atoms. The number of nitrogens with zero attached hydrogens (tertiary/aromatic N) is 1. The summed E-state index contributed by atoms with van der Waals surface area (Å²) in [4.78, 5) is 12.7. The first kappa shape index (κ1) is 22.0. The molecule has 2 atom stereocenters. The second-order valence-corrected chi connectivity index (χ2v) is 9.06. The zero-order valence-corrected chi connectivity index (χ0v) is 18.4. The Hall–Kier alpha value is -2.65. The molecule has 1 aliphatic heterocycles. The number of anilines is 1. The first-order chi connectivity index (χ1) is 14.2. The molecule has 3 rings (SSSR count). The number of hydrogen-bond acceptors (Lipinski definition) is 6. The Kier molecular flexibility index (Phi) is 6.62. The smallest absolute Gasteiger partial charge is 0.243 e. The SMILES string of the molecule is COc1ccc(N([C@H](C)C(=O)NC[C@H]2COc3ccccc3O2)S(C)(=O)=O)cc1Cl. The number of sulfonamides is 1. The topological polar surface area (TPSA) is 94.2 Å². The second-order valence-electron chi connectivity index (χ2n) is 6.80. The molecule has 1 aliphatic rings. The van der Waals surface area contributed by atoms with E-state index in [9.17, 15) is 13.2 Å². The van der Waals surface area contributed by atoms with Gasteiger partial charge in [-0.25, -0.2) is 8.42 Å². The molecule has 8 nitrogen and oxygen atoms in total. The van der Waals surface area contributed by atoms with Gasteiger partial charge in [0.15, 0.2) is 11.5 Å². The number of ether oxygens (including phenoxy) is 3. The van der Waals surface area contributed by atoms with Gasteiger partial charge in [0, 0.05) is 0 Å². The van der Waals surface area contributed by atoms with Crippen molar-refractivity contribution in [2.45, 2.75) is 19.1 Å². The molecule has 2 aromatic carbocycles. The molecule has 162 valence electrons. The number of rotatable bonds is 7. The Morgan fingerprint density at radius 2 is 2.00 bits per heavy atom. The van der Waals surface area contributed by atoms with Crippen LogP contribution in [0.25, 0.3) is 0 Å². The van der Waals surface area contributed by atoms with Crippen molar-refractivity contribution in [3.05, 3.63) is 47.5 Å². The molecule has 0 aliphatic carbocycles. The molecule has 1 N–H and O–H groups in total. The number of halogens is 1. The summed E-state index contributed by atoms with van der Waals surface area (Å²) in [5.41, 5.74) is 0.261. The van der Waals surface area contributed by atoms with Crippen LogP contribution in [0.4, 0.5) is 5.69 Å². The largest absolute Gasteiger partial charge is 0.495 e. The van der Waals surface area contributed by atoms with Crippen LogP contribution in [0.1, 0.15) is 6.92 Å². The average Bonchev–Trinajstić information content (AvgIpc) is 2.71. The maximum Gasteiger partial charge on any atom is 0.243 e. The van der Waals surface area contributed by atoms with E-state index in [0.29, 0.717) is 17.2 Å². The number of methoxy groups -OCH3 is 1. The third kappa shape index (κ3) is 4.91. The van der Waals surface area contributed by atoms with Crippen LogP contribution in [-0.2, 0) is 14.8 Å². The van der Waals surface area contributed by atoms with Crippen LogP contribution in [0.5, 0.6) is 17.2 Å². The number of fused-ring (bicyclic) bond motifs is 1. The van der Waals surface area contributed by atoms with Crippen molar-refractivity contribution in [2.75, 3.05) is 30.8 Å².